The lowest BCUT2D eigenvalue weighted by molar-refractivity contribution is -0.129. The van der Waals surface area contributed by atoms with Crippen LogP contribution in [0.2, 0.25) is 0 Å². The van der Waals surface area contributed by atoms with E-state index in [4.69, 9.17) is 9.47 Å². The first-order chi connectivity index (χ1) is 13.0. The van der Waals surface area contributed by atoms with E-state index in [1.807, 2.05) is 62.4 Å². The molecule has 3 rings (SSSR count). The van der Waals surface area contributed by atoms with E-state index in [1.165, 1.54) is 0 Å². The molecule has 0 bridgehead atoms. The van der Waals surface area contributed by atoms with Gasteiger partial charge in [-0.3, -0.25) is 9.59 Å². The van der Waals surface area contributed by atoms with Crippen molar-refractivity contribution in [3.8, 4) is 11.5 Å². The summed E-state index contributed by atoms with van der Waals surface area (Å²) < 4.78 is 10.7. The molecular formula is C21H24N2O4. The van der Waals surface area contributed by atoms with Crippen molar-refractivity contribution in [1.82, 2.24) is 10.6 Å². The predicted molar refractivity (Wildman–Crippen MR) is 101 cm³/mol. The molecule has 0 aliphatic carbocycles. The van der Waals surface area contributed by atoms with Crippen molar-refractivity contribution in [3.05, 3.63) is 59.7 Å². The monoisotopic (exact) mass is 368 g/mol. The van der Waals surface area contributed by atoms with Crippen LogP contribution in [0.25, 0.3) is 0 Å². The highest BCUT2D eigenvalue weighted by molar-refractivity contribution is 5.88. The summed E-state index contributed by atoms with van der Waals surface area (Å²) >= 11 is 0. The molecule has 2 N–H and O–H groups in total. The van der Waals surface area contributed by atoms with Crippen LogP contribution in [0.5, 0.6) is 11.5 Å². The van der Waals surface area contributed by atoms with E-state index in [-0.39, 0.29) is 31.1 Å². The zero-order chi connectivity index (χ0) is 19.2. The molecular weight excluding hydrogens is 344 g/mol. The molecule has 0 spiro atoms. The minimum Gasteiger partial charge on any atom is -0.454 e. The Morgan fingerprint density at radius 3 is 2.48 bits per heavy atom. The number of fused-ring (bicyclic) bond motifs is 1. The van der Waals surface area contributed by atoms with Crippen LogP contribution < -0.4 is 20.1 Å². The molecule has 1 aliphatic heterocycles. The van der Waals surface area contributed by atoms with Crippen molar-refractivity contribution in [2.24, 2.45) is 0 Å². The van der Waals surface area contributed by atoms with E-state index >= 15 is 0 Å². The van der Waals surface area contributed by atoms with Crippen molar-refractivity contribution < 1.29 is 19.1 Å². The molecule has 6 heteroatoms. The smallest absolute Gasteiger partial charge is 0.247 e. The standard InChI is InChI=1S/C21H24N2O4/c1-14(2)22-21(25)20(16-6-4-3-5-7-16)23-19(24)11-9-15-8-10-17-18(12-15)27-13-26-17/h3-8,10,12,14,20H,9,11,13H2,1-2H3,(H,22,25)(H,23,24). The molecule has 0 fully saturated rings. The Hall–Kier alpha value is -3.02. The van der Waals surface area contributed by atoms with Gasteiger partial charge in [-0.25, -0.2) is 0 Å². The van der Waals surface area contributed by atoms with Crippen LogP contribution in [-0.4, -0.2) is 24.6 Å². The molecule has 142 valence electrons. The van der Waals surface area contributed by atoms with E-state index < -0.39 is 6.04 Å². The highest BCUT2D eigenvalue weighted by Crippen LogP contribution is 2.32. The highest BCUT2D eigenvalue weighted by atomic mass is 16.7. The minimum atomic E-state index is -0.710. The number of rotatable bonds is 7. The summed E-state index contributed by atoms with van der Waals surface area (Å²) in [6.45, 7) is 4.01. The van der Waals surface area contributed by atoms with E-state index in [0.717, 1.165) is 16.9 Å². The molecule has 1 aliphatic rings. The second-order valence-corrected chi connectivity index (χ2v) is 6.76. The summed E-state index contributed by atoms with van der Waals surface area (Å²) in [6, 6.07) is 14.2. The summed E-state index contributed by atoms with van der Waals surface area (Å²) in [7, 11) is 0. The van der Waals surface area contributed by atoms with E-state index in [1.54, 1.807) is 0 Å². The molecule has 27 heavy (non-hydrogen) atoms. The van der Waals surface area contributed by atoms with Crippen molar-refractivity contribution in [2.75, 3.05) is 6.79 Å². The van der Waals surface area contributed by atoms with Crippen LogP contribution in [0.3, 0.4) is 0 Å². The Bertz CT molecular complexity index is 805. The average Bonchev–Trinajstić information content (AvgIpc) is 3.12. The van der Waals surface area contributed by atoms with Gasteiger partial charge in [-0.05, 0) is 43.5 Å². The molecule has 2 aromatic rings. The topological polar surface area (TPSA) is 76.7 Å². The van der Waals surface area contributed by atoms with Crippen LogP contribution in [-0.2, 0) is 16.0 Å². The molecule has 2 aromatic carbocycles. The third-order valence-corrected chi connectivity index (χ3v) is 4.21. The summed E-state index contributed by atoms with van der Waals surface area (Å²) in [6.07, 6.45) is 0.827. The second-order valence-electron chi connectivity index (χ2n) is 6.76. The number of hydrogen-bond donors (Lipinski definition) is 2. The Labute approximate surface area is 158 Å². The SMILES string of the molecule is CC(C)NC(=O)C(NC(=O)CCc1ccc2c(c1)OCO2)c1ccccc1. The van der Waals surface area contributed by atoms with E-state index in [9.17, 15) is 9.59 Å². The summed E-state index contributed by atoms with van der Waals surface area (Å²) in [5.41, 5.74) is 1.74. The molecule has 0 saturated carbocycles. The van der Waals surface area contributed by atoms with Crippen molar-refractivity contribution in [2.45, 2.75) is 38.8 Å². The fraction of sp³-hybridized carbons (Fsp3) is 0.333. The summed E-state index contributed by atoms with van der Waals surface area (Å²) in [5.74, 6) is 1.03. The number of ether oxygens (including phenoxy) is 2. The minimum absolute atomic E-state index is 0.00533. The average molecular weight is 368 g/mol. The Kier molecular flexibility index (Phi) is 5.96. The number of hydrogen-bond acceptors (Lipinski definition) is 4. The van der Waals surface area contributed by atoms with Crippen LogP contribution in [0, 0.1) is 0 Å². The first-order valence-electron chi connectivity index (χ1n) is 9.06. The molecule has 0 saturated heterocycles. The molecule has 1 heterocycles. The van der Waals surface area contributed by atoms with Gasteiger partial charge in [-0.1, -0.05) is 36.4 Å². The summed E-state index contributed by atoms with van der Waals surface area (Å²) in [5, 5.41) is 5.72. The first kappa shape index (κ1) is 18.8. The van der Waals surface area contributed by atoms with Crippen LogP contribution >= 0.6 is 0 Å². The highest BCUT2D eigenvalue weighted by Gasteiger charge is 2.23. The maximum absolute atomic E-state index is 12.5. The molecule has 2 amide bonds. The quantitative estimate of drug-likeness (QED) is 0.788. The Balaban J connectivity index is 1.62. The zero-order valence-electron chi connectivity index (χ0n) is 15.5. The lowest BCUT2D eigenvalue weighted by Crippen LogP contribution is -2.42. The number of carbonyl (C=O) groups is 2. The third-order valence-electron chi connectivity index (χ3n) is 4.21. The number of nitrogens with one attached hydrogen (secondary N) is 2. The molecule has 1 unspecified atom stereocenters. The van der Waals surface area contributed by atoms with Gasteiger partial charge in [0.15, 0.2) is 11.5 Å². The fourth-order valence-corrected chi connectivity index (χ4v) is 2.90. The lowest BCUT2D eigenvalue weighted by Gasteiger charge is -2.20. The predicted octanol–water partition coefficient (Wildman–Crippen LogP) is 2.73. The van der Waals surface area contributed by atoms with E-state index in [2.05, 4.69) is 10.6 Å². The van der Waals surface area contributed by atoms with Crippen molar-refractivity contribution >= 4 is 11.8 Å². The van der Waals surface area contributed by atoms with Gasteiger partial charge in [0, 0.05) is 12.5 Å². The largest absolute Gasteiger partial charge is 0.454 e. The Morgan fingerprint density at radius 2 is 1.74 bits per heavy atom. The van der Waals surface area contributed by atoms with Gasteiger partial charge < -0.3 is 20.1 Å². The van der Waals surface area contributed by atoms with Gasteiger partial charge >= 0.3 is 0 Å². The Morgan fingerprint density at radius 1 is 1.00 bits per heavy atom. The number of amides is 2. The molecule has 0 radical (unpaired) electrons. The molecule has 1 atom stereocenters. The van der Waals surface area contributed by atoms with Crippen molar-refractivity contribution in [3.63, 3.8) is 0 Å². The lowest BCUT2D eigenvalue weighted by atomic mass is 10.0. The van der Waals surface area contributed by atoms with Gasteiger partial charge in [0.1, 0.15) is 6.04 Å². The van der Waals surface area contributed by atoms with E-state index in [0.29, 0.717) is 12.2 Å². The van der Waals surface area contributed by atoms with Gasteiger partial charge in [0.05, 0.1) is 0 Å². The maximum Gasteiger partial charge on any atom is 0.247 e. The second kappa shape index (κ2) is 8.58. The zero-order valence-corrected chi connectivity index (χ0v) is 15.5. The van der Waals surface area contributed by atoms with Gasteiger partial charge in [-0.15, -0.1) is 0 Å². The first-order valence-corrected chi connectivity index (χ1v) is 9.06. The van der Waals surface area contributed by atoms with Gasteiger partial charge in [0.2, 0.25) is 18.6 Å². The maximum atomic E-state index is 12.5. The van der Waals surface area contributed by atoms with Crippen LogP contribution in [0.15, 0.2) is 48.5 Å². The van der Waals surface area contributed by atoms with Crippen LogP contribution in [0.1, 0.15) is 37.4 Å². The third kappa shape index (κ3) is 5.00. The summed E-state index contributed by atoms with van der Waals surface area (Å²) in [4.78, 5) is 25.0. The van der Waals surface area contributed by atoms with Crippen molar-refractivity contribution in [1.29, 1.82) is 0 Å². The number of benzene rings is 2. The van der Waals surface area contributed by atoms with Gasteiger partial charge in [-0.2, -0.15) is 0 Å². The molecule has 0 aromatic heterocycles. The number of aryl methyl sites for hydroxylation is 1. The van der Waals surface area contributed by atoms with Gasteiger partial charge in [0.25, 0.3) is 0 Å². The fourth-order valence-electron chi connectivity index (χ4n) is 2.90. The number of carbonyl (C=O) groups excluding carboxylic acids is 2. The molecule has 6 nitrogen and oxygen atoms in total. The van der Waals surface area contributed by atoms with Crippen LogP contribution in [0.4, 0.5) is 0 Å². The normalized spacial score (nSPS) is 13.3.